The predicted molar refractivity (Wildman–Crippen MR) is 34.3 cm³/mol. The van der Waals surface area contributed by atoms with Gasteiger partial charge in [0, 0.05) is 0 Å². The highest BCUT2D eigenvalue weighted by atomic mass is 16.5. The zero-order valence-electron chi connectivity index (χ0n) is 5.20. The van der Waals surface area contributed by atoms with Crippen molar-refractivity contribution in [2.45, 2.75) is 0 Å². The molecule has 0 aromatic carbocycles. The van der Waals surface area contributed by atoms with E-state index in [0.717, 1.165) is 0 Å². The Labute approximate surface area is 57.8 Å². The molecule has 0 spiro atoms. The molecule has 4 heteroatoms. The van der Waals surface area contributed by atoms with Gasteiger partial charge < -0.3 is 9.84 Å². The van der Waals surface area contributed by atoms with Crippen LogP contribution in [0.2, 0.25) is 0 Å². The van der Waals surface area contributed by atoms with Gasteiger partial charge in [-0.2, -0.15) is 0 Å². The van der Waals surface area contributed by atoms with Crippen LogP contribution >= 0.6 is 0 Å². The fourth-order valence-corrected chi connectivity index (χ4v) is 0.602. The molecule has 1 amide bonds. The van der Waals surface area contributed by atoms with Gasteiger partial charge in [0.2, 0.25) is 0 Å². The first kappa shape index (κ1) is 6.67. The highest BCUT2D eigenvalue weighted by Crippen LogP contribution is 1.98. The maximum absolute atomic E-state index is 10.0. The summed E-state index contributed by atoms with van der Waals surface area (Å²) in [5.41, 5.74) is 0.457. The molecule has 0 aliphatic carbocycles. The number of nitrogens with one attached hydrogen (secondary N) is 1. The molecule has 0 aromatic heterocycles. The minimum absolute atomic E-state index is 0.457. The lowest BCUT2D eigenvalue weighted by Crippen LogP contribution is -2.20. The van der Waals surface area contributed by atoms with Crippen LogP contribution in [0.25, 0.3) is 0 Å². The largest absolute Gasteiger partial charge is 0.495 e. The van der Waals surface area contributed by atoms with Gasteiger partial charge in [0.05, 0.1) is 5.70 Å². The third kappa shape index (κ3) is 1.81. The number of carbonyl (C=O) groups is 1. The van der Waals surface area contributed by atoms with Crippen LogP contribution in [-0.4, -0.2) is 17.8 Å². The van der Waals surface area contributed by atoms with Crippen LogP contribution in [0.3, 0.4) is 0 Å². The Morgan fingerprint density at radius 3 is 3.10 bits per heavy atom. The van der Waals surface area contributed by atoms with Crippen molar-refractivity contribution in [3.8, 4) is 0 Å². The first-order chi connectivity index (χ1) is 4.79. The van der Waals surface area contributed by atoms with Gasteiger partial charge in [-0.05, 0) is 12.2 Å². The average molecular weight is 141 g/mol. The maximum Gasteiger partial charge on any atom is 0.409 e. The third-order valence-corrected chi connectivity index (χ3v) is 0.951. The molecule has 1 aliphatic heterocycles. The van der Waals surface area contributed by atoms with Crippen LogP contribution in [0.4, 0.5) is 4.79 Å². The van der Waals surface area contributed by atoms with Gasteiger partial charge in [0.25, 0.3) is 0 Å². The fourth-order valence-electron chi connectivity index (χ4n) is 0.602. The summed E-state index contributed by atoms with van der Waals surface area (Å²) >= 11 is 0. The molecule has 0 atom stereocenters. The predicted octanol–water partition coefficient (Wildman–Crippen LogP) is 0.682. The highest BCUT2D eigenvalue weighted by Gasteiger charge is 1.99. The summed E-state index contributed by atoms with van der Waals surface area (Å²) in [6, 6.07) is 0. The minimum atomic E-state index is -1.08. The Morgan fingerprint density at radius 1 is 1.80 bits per heavy atom. The number of amides is 1. The van der Waals surface area contributed by atoms with Gasteiger partial charge in [-0.15, -0.1) is 0 Å². The third-order valence-electron chi connectivity index (χ3n) is 0.951. The summed E-state index contributed by atoms with van der Waals surface area (Å²) in [6.45, 7) is 0.505. The summed E-state index contributed by atoms with van der Waals surface area (Å²) in [4.78, 5) is 10.0. The lowest BCUT2D eigenvalue weighted by molar-refractivity contribution is 0.196. The Hall–Kier alpha value is -1.45. The molecule has 0 radical (unpaired) electrons. The highest BCUT2D eigenvalue weighted by molar-refractivity contribution is 5.67. The Kier molecular flexibility index (Phi) is 1.94. The second-order valence-electron chi connectivity index (χ2n) is 1.74. The van der Waals surface area contributed by atoms with Gasteiger partial charge in [-0.1, -0.05) is 0 Å². The van der Waals surface area contributed by atoms with E-state index in [-0.39, 0.29) is 0 Å². The molecule has 0 aromatic rings. The van der Waals surface area contributed by atoms with Crippen molar-refractivity contribution in [2.75, 3.05) is 6.61 Å². The van der Waals surface area contributed by atoms with E-state index >= 15 is 0 Å². The van der Waals surface area contributed by atoms with Gasteiger partial charge in [0.1, 0.15) is 12.9 Å². The van der Waals surface area contributed by atoms with Crippen LogP contribution in [0.1, 0.15) is 0 Å². The second kappa shape index (κ2) is 2.91. The summed E-state index contributed by atoms with van der Waals surface area (Å²) in [5, 5.41) is 10.4. The SMILES string of the molecule is O=C(O)NC1=COCC=C1. The standard InChI is InChI=1S/C6H7NO3/c8-6(9)7-5-2-1-3-10-4-5/h1-2,4,7H,3H2,(H,8,9). The van der Waals surface area contributed by atoms with E-state index < -0.39 is 6.09 Å². The van der Waals surface area contributed by atoms with E-state index in [1.165, 1.54) is 6.26 Å². The van der Waals surface area contributed by atoms with E-state index in [2.05, 4.69) is 5.32 Å². The topological polar surface area (TPSA) is 58.6 Å². The van der Waals surface area contributed by atoms with Crippen LogP contribution in [-0.2, 0) is 4.74 Å². The summed E-state index contributed by atoms with van der Waals surface area (Å²) in [6.07, 6.45) is 3.66. The van der Waals surface area contributed by atoms with Gasteiger partial charge in [-0.25, -0.2) is 4.79 Å². The van der Waals surface area contributed by atoms with Crippen molar-refractivity contribution in [3.05, 3.63) is 24.1 Å². The van der Waals surface area contributed by atoms with Crippen molar-refractivity contribution in [1.82, 2.24) is 5.32 Å². The smallest absolute Gasteiger partial charge is 0.409 e. The zero-order chi connectivity index (χ0) is 7.40. The maximum atomic E-state index is 10.0. The van der Waals surface area contributed by atoms with Crippen LogP contribution < -0.4 is 5.32 Å². The normalized spacial score (nSPS) is 15.4. The van der Waals surface area contributed by atoms with Crippen LogP contribution in [0, 0.1) is 0 Å². The first-order valence-electron chi connectivity index (χ1n) is 2.77. The second-order valence-corrected chi connectivity index (χ2v) is 1.74. The average Bonchev–Trinajstić information content (AvgIpc) is 1.88. The number of ether oxygens (including phenoxy) is 1. The summed E-state index contributed by atoms with van der Waals surface area (Å²) in [7, 11) is 0. The molecular weight excluding hydrogens is 134 g/mol. The summed E-state index contributed by atoms with van der Waals surface area (Å²) in [5.74, 6) is 0. The van der Waals surface area contributed by atoms with E-state index in [9.17, 15) is 4.79 Å². The fraction of sp³-hybridized carbons (Fsp3) is 0.167. The minimum Gasteiger partial charge on any atom is -0.495 e. The number of allylic oxidation sites excluding steroid dienone is 1. The Bertz CT molecular complexity index is 195. The van der Waals surface area contributed by atoms with E-state index in [1.807, 2.05) is 0 Å². The molecule has 10 heavy (non-hydrogen) atoms. The van der Waals surface area contributed by atoms with Gasteiger partial charge >= 0.3 is 6.09 Å². The Balaban J connectivity index is 2.48. The van der Waals surface area contributed by atoms with Crippen LogP contribution in [0.5, 0.6) is 0 Å². The summed E-state index contributed by atoms with van der Waals surface area (Å²) < 4.78 is 4.81. The number of hydrogen-bond acceptors (Lipinski definition) is 2. The molecule has 0 saturated heterocycles. The monoisotopic (exact) mass is 141 g/mol. The lowest BCUT2D eigenvalue weighted by atomic mass is 10.4. The quantitative estimate of drug-likeness (QED) is 0.564. The van der Waals surface area contributed by atoms with Gasteiger partial charge in [0.15, 0.2) is 0 Å². The number of carboxylic acid groups (broad SMARTS) is 1. The molecular formula is C6H7NO3. The van der Waals surface area contributed by atoms with Crippen molar-refractivity contribution in [2.24, 2.45) is 0 Å². The Morgan fingerprint density at radius 2 is 2.60 bits per heavy atom. The van der Waals surface area contributed by atoms with Crippen molar-refractivity contribution in [1.29, 1.82) is 0 Å². The van der Waals surface area contributed by atoms with Crippen molar-refractivity contribution >= 4 is 6.09 Å². The molecule has 0 unspecified atom stereocenters. The van der Waals surface area contributed by atoms with E-state index in [4.69, 9.17) is 9.84 Å². The number of hydrogen-bond donors (Lipinski definition) is 2. The molecule has 1 rings (SSSR count). The number of rotatable bonds is 1. The van der Waals surface area contributed by atoms with E-state index in [1.54, 1.807) is 12.2 Å². The molecule has 0 saturated carbocycles. The van der Waals surface area contributed by atoms with Crippen molar-refractivity contribution in [3.63, 3.8) is 0 Å². The van der Waals surface area contributed by atoms with Crippen LogP contribution in [0.15, 0.2) is 24.1 Å². The molecule has 1 heterocycles. The molecule has 4 nitrogen and oxygen atoms in total. The molecule has 2 N–H and O–H groups in total. The molecule has 1 aliphatic rings. The molecule has 0 fully saturated rings. The lowest BCUT2D eigenvalue weighted by Gasteiger charge is -2.06. The first-order valence-corrected chi connectivity index (χ1v) is 2.77. The van der Waals surface area contributed by atoms with E-state index in [0.29, 0.717) is 12.3 Å². The van der Waals surface area contributed by atoms with Crippen molar-refractivity contribution < 1.29 is 14.6 Å². The molecule has 54 valence electrons. The van der Waals surface area contributed by atoms with Gasteiger partial charge in [-0.3, -0.25) is 5.32 Å². The molecule has 0 bridgehead atoms. The zero-order valence-corrected chi connectivity index (χ0v) is 5.20.